The third kappa shape index (κ3) is 2.89. The lowest BCUT2D eigenvalue weighted by Gasteiger charge is -2.00. The number of rotatable bonds is 4. The molecule has 8 heteroatoms. The number of ether oxygens (including phenoxy) is 1. The summed E-state index contributed by atoms with van der Waals surface area (Å²) in [5.74, 6) is 0.296. The van der Waals surface area contributed by atoms with Crippen LogP contribution in [0, 0.1) is 0 Å². The molecule has 0 aromatic carbocycles. The maximum Gasteiger partial charge on any atom is 0.359 e. The van der Waals surface area contributed by atoms with Gasteiger partial charge in [0, 0.05) is 12.1 Å². The van der Waals surface area contributed by atoms with Crippen molar-refractivity contribution in [2.45, 2.75) is 6.61 Å². The molecular weight excluding hydrogens is 278 g/mol. The van der Waals surface area contributed by atoms with Gasteiger partial charge in [-0.2, -0.15) is 5.10 Å². The highest BCUT2D eigenvalue weighted by atomic mass is 16.5. The maximum atomic E-state index is 11.7. The van der Waals surface area contributed by atoms with Crippen LogP contribution < -0.4 is 5.56 Å². The van der Waals surface area contributed by atoms with E-state index in [-0.39, 0.29) is 12.3 Å². The zero-order chi connectivity index (χ0) is 14.7. The molecule has 1 N–H and O–H groups in total. The highest BCUT2D eigenvalue weighted by molar-refractivity contribution is 5.86. The monoisotopic (exact) mass is 287 g/mol. The molecule has 0 spiro atoms. The van der Waals surface area contributed by atoms with E-state index in [1.165, 1.54) is 18.4 Å². The molecule has 0 aliphatic heterocycles. The van der Waals surface area contributed by atoms with Crippen LogP contribution in [0.2, 0.25) is 0 Å². The average Bonchev–Trinajstić information content (AvgIpc) is 3.16. The van der Waals surface area contributed by atoms with Gasteiger partial charge in [0.2, 0.25) is 5.76 Å². The number of carbonyl (C=O) groups is 1. The molecule has 0 radical (unpaired) electrons. The lowest BCUT2D eigenvalue weighted by atomic mass is 10.3. The Morgan fingerprint density at radius 2 is 2.19 bits per heavy atom. The van der Waals surface area contributed by atoms with Gasteiger partial charge in [-0.25, -0.2) is 9.89 Å². The molecule has 0 fully saturated rings. The van der Waals surface area contributed by atoms with Gasteiger partial charge < -0.3 is 13.7 Å². The Balaban J connectivity index is 1.64. The molecule has 3 aromatic heterocycles. The number of hydrogen-bond acceptors (Lipinski definition) is 7. The van der Waals surface area contributed by atoms with Crippen LogP contribution in [0.5, 0.6) is 0 Å². The summed E-state index contributed by atoms with van der Waals surface area (Å²) in [6.45, 7) is -0.0795. The SMILES string of the molecule is O=C(OCc1cc(-c2ccco2)on1)c1ccc(=O)[nH]n1. The van der Waals surface area contributed by atoms with Crippen molar-refractivity contribution in [2.24, 2.45) is 0 Å². The summed E-state index contributed by atoms with van der Waals surface area (Å²) in [5, 5.41) is 9.48. The fourth-order valence-electron chi connectivity index (χ4n) is 1.59. The van der Waals surface area contributed by atoms with Gasteiger partial charge in [0.15, 0.2) is 11.5 Å². The van der Waals surface area contributed by atoms with Crippen molar-refractivity contribution in [1.82, 2.24) is 15.4 Å². The van der Waals surface area contributed by atoms with Gasteiger partial charge in [0.25, 0.3) is 5.56 Å². The average molecular weight is 287 g/mol. The molecule has 0 amide bonds. The molecule has 0 aliphatic rings. The molecule has 0 unspecified atom stereocenters. The standard InChI is InChI=1S/C13H9N3O5/c17-12-4-3-9(14-15-12)13(18)20-7-8-6-11(21-16-8)10-2-1-5-19-10/h1-6H,7H2,(H,15,17). The van der Waals surface area contributed by atoms with Crippen LogP contribution in [-0.4, -0.2) is 21.3 Å². The lowest BCUT2D eigenvalue weighted by molar-refractivity contribution is 0.0456. The van der Waals surface area contributed by atoms with Crippen LogP contribution in [0.1, 0.15) is 16.2 Å². The highest BCUT2D eigenvalue weighted by Crippen LogP contribution is 2.20. The molecule has 0 saturated carbocycles. The van der Waals surface area contributed by atoms with E-state index in [0.29, 0.717) is 17.2 Å². The second kappa shape index (κ2) is 5.45. The van der Waals surface area contributed by atoms with Gasteiger partial charge in [0.1, 0.15) is 12.3 Å². The fraction of sp³-hybridized carbons (Fsp3) is 0.0769. The van der Waals surface area contributed by atoms with Crippen molar-refractivity contribution in [3.63, 3.8) is 0 Å². The molecule has 21 heavy (non-hydrogen) atoms. The van der Waals surface area contributed by atoms with E-state index in [9.17, 15) is 9.59 Å². The summed E-state index contributed by atoms with van der Waals surface area (Å²) in [6.07, 6.45) is 1.51. The maximum absolute atomic E-state index is 11.7. The first-order chi connectivity index (χ1) is 10.2. The van der Waals surface area contributed by atoms with Crippen LogP contribution in [-0.2, 0) is 11.3 Å². The Labute approximate surface area is 117 Å². The Morgan fingerprint density at radius 1 is 1.29 bits per heavy atom. The van der Waals surface area contributed by atoms with Gasteiger partial charge in [-0.1, -0.05) is 5.16 Å². The zero-order valence-electron chi connectivity index (χ0n) is 10.6. The molecule has 3 aromatic rings. The first kappa shape index (κ1) is 12.9. The number of carbonyl (C=O) groups excluding carboxylic acids is 1. The summed E-state index contributed by atoms with van der Waals surface area (Å²) in [5.41, 5.74) is 0.0367. The number of aromatic nitrogens is 3. The summed E-state index contributed by atoms with van der Waals surface area (Å²) >= 11 is 0. The Hall–Kier alpha value is -3.16. The minimum absolute atomic E-state index is 0.00403. The van der Waals surface area contributed by atoms with Crippen LogP contribution in [0.4, 0.5) is 0 Å². The predicted molar refractivity (Wildman–Crippen MR) is 68.2 cm³/mol. The van der Waals surface area contributed by atoms with Crippen molar-refractivity contribution in [3.8, 4) is 11.5 Å². The predicted octanol–water partition coefficient (Wildman–Crippen LogP) is 1.37. The number of hydrogen-bond donors (Lipinski definition) is 1. The molecule has 3 rings (SSSR count). The number of nitrogens with zero attached hydrogens (tertiary/aromatic N) is 2. The van der Waals surface area contributed by atoms with Crippen LogP contribution in [0.25, 0.3) is 11.5 Å². The van der Waals surface area contributed by atoms with E-state index in [1.807, 2.05) is 0 Å². The van der Waals surface area contributed by atoms with Crippen molar-refractivity contribution in [1.29, 1.82) is 0 Å². The number of H-pyrrole nitrogens is 1. The van der Waals surface area contributed by atoms with Gasteiger partial charge >= 0.3 is 5.97 Å². The van der Waals surface area contributed by atoms with Crippen molar-refractivity contribution in [2.75, 3.05) is 0 Å². The molecule has 0 bridgehead atoms. The second-order valence-electron chi connectivity index (χ2n) is 4.04. The fourth-order valence-corrected chi connectivity index (χ4v) is 1.59. The molecular formula is C13H9N3O5. The number of esters is 1. The number of aromatic amines is 1. The van der Waals surface area contributed by atoms with E-state index in [0.717, 1.165) is 0 Å². The Bertz CT molecular complexity index is 783. The highest BCUT2D eigenvalue weighted by Gasteiger charge is 2.13. The zero-order valence-corrected chi connectivity index (χ0v) is 10.6. The molecule has 3 heterocycles. The van der Waals surface area contributed by atoms with E-state index in [2.05, 4.69) is 15.4 Å². The molecule has 0 aliphatic carbocycles. The van der Waals surface area contributed by atoms with Crippen LogP contribution >= 0.6 is 0 Å². The van der Waals surface area contributed by atoms with Crippen LogP contribution in [0.15, 0.2) is 50.3 Å². The minimum Gasteiger partial charge on any atom is -0.461 e. The first-order valence-electron chi connectivity index (χ1n) is 5.95. The van der Waals surface area contributed by atoms with E-state index in [1.54, 1.807) is 18.2 Å². The summed E-state index contributed by atoms with van der Waals surface area (Å²) < 4.78 is 15.2. The van der Waals surface area contributed by atoms with Gasteiger partial charge in [0.05, 0.1) is 6.26 Å². The molecule has 106 valence electrons. The molecule has 8 nitrogen and oxygen atoms in total. The smallest absolute Gasteiger partial charge is 0.359 e. The summed E-state index contributed by atoms with van der Waals surface area (Å²) in [7, 11) is 0. The van der Waals surface area contributed by atoms with Gasteiger partial charge in [-0.15, -0.1) is 0 Å². The largest absolute Gasteiger partial charge is 0.461 e. The topological polar surface area (TPSA) is 111 Å². The lowest BCUT2D eigenvalue weighted by Crippen LogP contribution is -2.13. The van der Waals surface area contributed by atoms with E-state index < -0.39 is 11.5 Å². The van der Waals surface area contributed by atoms with Crippen molar-refractivity contribution >= 4 is 5.97 Å². The number of nitrogens with one attached hydrogen (secondary N) is 1. The van der Waals surface area contributed by atoms with Crippen molar-refractivity contribution < 1.29 is 18.5 Å². The normalized spacial score (nSPS) is 10.5. The minimum atomic E-state index is -0.672. The molecule has 0 atom stereocenters. The number of furan rings is 1. The third-order valence-corrected chi connectivity index (χ3v) is 2.56. The van der Waals surface area contributed by atoms with Gasteiger partial charge in [-0.05, 0) is 18.2 Å². The summed E-state index contributed by atoms with van der Waals surface area (Å²) in [4.78, 5) is 22.5. The van der Waals surface area contributed by atoms with E-state index in [4.69, 9.17) is 13.7 Å². The third-order valence-electron chi connectivity index (χ3n) is 2.56. The first-order valence-corrected chi connectivity index (χ1v) is 5.95. The van der Waals surface area contributed by atoms with Crippen molar-refractivity contribution in [3.05, 3.63) is 58.3 Å². The molecule has 0 saturated heterocycles. The Kier molecular flexibility index (Phi) is 3.34. The van der Waals surface area contributed by atoms with Crippen LogP contribution in [0.3, 0.4) is 0 Å². The van der Waals surface area contributed by atoms with E-state index >= 15 is 0 Å². The Morgan fingerprint density at radius 3 is 2.90 bits per heavy atom. The summed E-state index contributed by atoms with van der Waals surface area (Å²) in [6, 6.07) is 7.51. The second-order valence-corrected chi connectivity index (χ2v) is 4.04. The van der Waals surface area contributed by atoms with Gasteiger partial charge in [-0.3, -0.25) is 4.79 Å². The quantitative estimate of drug-likeness (QED) is 0.721.